The van der Waals surface area contributed by atoms with Gasteiger partial charge in [-0.25, -0.2) is 0 Å². The molecule has 1 atom stereocenters. The summed E-state index contributed by atoms with van der Waals surface area (Å²) in [5.74, 6) is 0. The second-order valence-corrected chi connectivity index (χ2v) is 7.19. The van der Waals surface area contributed by atoms with Gasteiger partial charge in [0.15, 0.2) is 0 Å². The molecular formula is C17H28BrN3. The van der Waals surface area contributed by atoms with Crippen molar-refractivity contribution in [3.8, 4) is 0 Å². The number of halogens is 1. The maximum absolute atomic E-state index is 3.76. The van der Waals surface area contributed by atoms with Gasteiger partial charge in [-0.05, 0) is 74.4 Å². The van der Waals surface area contributed by atoms with Crippen LogP contribution in [0.25, 0.3) is 0 Å². The first-order valence-corrected chi connectivity index (χ1v) is 8.73. The summed E-state index contributed by atoms with van der Waals surface area (Å²) in [6, 6.07) is 8.02. The molecule has 3 nitrogen and oxygen atoms in total. The van der Waals surface area contributed by atoms with Crippen LogP contribution in [0.4, 0.5) is 5.69 Å². The van der Waals surface area contributed by atoms with Crippen molar-refractivity contribution in [3.63, 3.8) is 0 Å². The van der Waals surface area contributed by atoms with E-state index in [1.807, 2.05) is 0 Å². The van der Waals surface area contributed by atoms with Crippen LogP contribution in [0.15, 0.2) is 22.7 Å². The van der Waals surface area contributed by atoms with Crippen LogP contribution in [0.1, 0.15) is 32.3 Å². The predicted molar refractivity (Wildman–Crippen MR) is 95.0 cm³/mol. The maximum Gasteiger partial charge on any atom is 0.0513 e. The zero-order valence-corrected chi connectivity index (χ0v) is 15.3. The van der Waals surface area contributed by atoms with Gasteiger partial charge in [-0.15, -0.1) is 0 Å². The largest absolute Gasteiger partial charge is 0.367 e. The van der Waals surface area contributed by atoms with Gasteiger partial charge in [0.25, 0.3) is 0 Å². The summed E-state index contributed by atoms with van der Waals surface area (Å²) in [7, 11) is 4.26. The lowest BCUT2D eigenvalue weighted by molar-refractivity contribution is 0.373. The van der Waals surface area contributed by atoms with E-state index in [0.29, 0.717) is 6.04 Å². The van der Waals surface area contributed by atoms with Crippen LogP contribution in [0.3, 0.4) is 0 Å². The SMILES string of the molecule is CCN(c1ccc(CNC2CC2)cc1Br)C(C)CN(C)C. The Balaban J connectivity index is 2.05. The smallest absolute Gasteiger partial charge is 0.0513 e. The molecule has 1 N–H and O–H groups in total. The van der Waals surface area contributed by atoms with Crippen molar-refractivity contribution in [2.45, 2.75) is 45.3 Å². The molecule has 0 aromatic heterocycles. The normalized spacial score (nSPS) is 16.3. The molecule has 1 aliphatic rings. The third-order valence-corrected chi connectivity index (χ3v) is 4.63. The molecule has 0 bridgehead atoms. The quantitative estimate of drug-likeness (QED) is 0.771. The Morgan fingerprint density at radius 3 is 2.57 bits per heavy atom. The Hall–Kier alpha value is -0.580. The number of likely N-dealkylation sites (N-methyl/N-ethyl adjacent to an activating group) is 2. The Morgan fingerprint density at radius 1 is 1.33 bits per heavy atom. The Labute approximate surface area is 137 Å². The zero-order chi connectivity index (χ0) is 15.4. The fraction of sp³-hybridized carbons (Fsp3) is 0.647. The average Bonchev–Trinajstić information content (AvgIpc) is 3.22. The molecule has 0 radical (unpaired) electrons. The van der Waals surface area contributed by atoms with Gasteiger partial charge >= 0.3 is 0 Å². The molecule has 0 amide bonds. The van der Waals surface area contributed by atoms with Crippen LogP contribution in [-0.2, 0) is 6.54 Å². The van der Waals surface area contributed by atoms with E-state index in [2.05, 4.69) is 77.2 Å². The molecule has 21 heavy (non-hydrogen) atoms. The molecule has 0 aliphatic heterocycles. The van der Waals surface area contributed by atoms with E-state index in [0.717, 1.165) is 25.7 Å². The number of benzene rings is 1. The molecule has 2 rings (SSSR count). The van der Waals surface area contributed by atoms with E-state index in [-0.39, 0.29) is 0 Å². The van der Waals surface area contributed by atoms with Crippen molar-refractivity contribution in [2.24, 2.45) is 0 Å². The number of hydrogen-bond acceptors (Lipinski definition) is 3. The van der Waals surface area contributed by atoms with Crippen molar-refractivity contribution < 1.29 is 0 Å². The minimum atomic E-state index is 0.497. The Morgan fingerprint density at radius 2 is 2.05 bits per heavy atom. The van der Waals surface area contributed by atoms with Crippen LogP contribution >= 0.6 is 15.9 Å². The second kappa shape index (κ2) is 7.61. The van der Waals surface area contributed by atoms with Crippen molar-refractivity contribution in [2.75, 3.05) is 32.1 Å². The number of hydrogen-bond donors (Lipinski definition) is 1. The Kier molecular flexibility index (Phi) is 6.08. The van der Waals surface area contributed by atoms with Gasteiger partial charge in [0.2, 0.25) is 0 Å². The van der Waals surface area contributed by atoms with Crippen molar-refractivity contribution in [3.05, 3.63) is 28.2 Å². The highest BCUT2D eigenvalue weighted by atomic mass is 79.9. The average molecular weight is 354 g/mol. The van der Waals surface area contributed by atoms with E-state index >= 15 is 0 Å². The Bertz CT molecular complexity index is 457. The monoisotopic (exact) mass is 353 g/mol. The highest BCUT2D eigenvalue weighted by molar-refractivity contribution is 9.10. The molecule has 1 saturated carbocycles. The number of nitrogens with zero attached hydrogens (tertiary/aromatic N) is 2. The molecule has 0 heterocycles. The van der Waals surface area contributed by atoms with E-state index in [1.165, 1.54) is 28.6 Å². The zero-order valence-electron chi connectivity index (χ0n) is 13.7. The highest BCUT2D eigenvalue weighted by Crippen LogP contribution is 2.29. The maximum atomic E-state index is 3.76. The van der Waals surface area contributed by atoms with Gasteiger partial charge in [-0.3, -0.25) is 0 Å². The van der Waals surface area contributed by atoms with Gasteiger partial charge in [-0.1, -0.05) is 6.07 Å². The summed E-state index contributed by atoms with van der Waals surface area (Å²) >= 11 is 3.76. The lowest BCUT2D eigenvalue weighted by Crippen LogP contribution is -2.40. The summed E-state index contributed by atoms with van der Waals surface area (Å²) in [5.41, 5.74) is 2.65. The summed E-state index contributed by atoms with van der Waals surface area (Å²) in [5, 5.41) is 3.57. The van der Waals surface area contributed by atoms with Crippen LogP contribution in [0, 0.1) is 0 Å². The molecular weight excluding hydrogens is 326 g/mol. The third-order valence-electron chi connectivity index (χ3n) is 4.00. The molecule has 0 saturated heterocycles. The fourth-order valence-corrected chi connectivity index (χ4v) is 3.44. The van der Waals surface area contributed by atoms with Crippen molar-refractivity contribution in [1.29, 1.82) is 0 Å². The third kappa shape index (κ3) is 4.97. The van der Waals surface area contributed by atoms with Crippen molar-refractivity contribution in [1.82, 2.24) is 10.2 Å². The molecule has 1 fully saturated rings. The number of nitrogens with one attached hydrogen (secondary N) is 1. The van der Waals surface area contributed by atoms with E-state index in [9.17, 15) is 0 Å². The topological polar surface area (TPSA) is 18.5 Å². The molecule has 118 valence electrons. The first kappa shape index (κ1) is 16.8. The highest BCUT2D eigenvalue weighted by Gasteiger charge is 2.20. The minimum absolute atomic E-state index is 0.497. The fourth-order valence-electron chi connectivity index (χ4n) is 2.79. The van der Waals surface area contributed by atoms with Gasteiger partial charge < -0.3 is 15.1 Å². The summed E-state index contributed by atoms with van der Waals surface area (Å²) < 4.78 is 1.20. The minimum Gasteiger partial charge on any atom is -0.367 e. The van der Waals surface area contributed by atoms with Crippen molar-refractivity contribution >= 4 is 21.6 Å². The van der Waals surface area contributed by atoms with Crippen LogP contribution in [0.2, 0.25) is 0 Å². The predicted octanol–water partition coefficient (Wildman–Crippen LogP) is 3.48. The number of rotatable bonds is 8. The van der Waals surface area contributed by atoms with Gasteiger partial charge in [-0.2, -0.15) is 0 Å². The van der Waals surface area contributed by atoms with Crippen LogP contribution in [0.5, 0.6) is 0 Å². The molecule has 0 spiro atoms. The van der Waals surface area contributed by atoms with E-state index < -0.39 is 0 Å². The van der Waals surface area contributed by atoms with E-state index in [1.54, 1.807) is 0 Å². The first-order valence-electron chi connectivity index (χ1n) is 7.94. The van der Waals surface area contributed by atoms with Gasteiger partial charge in [0.1, 0.15) is 0 Å². The lowest BCUT2D eigenvalue weighted by Gasteiger charge is -2.33. The molecule has 4 heteroatoms. The van der Waals surface area contributed by atoms with E-state index in [4.69, 9.17) is 0 Å². The summed E-state index contributed by atoms with van der Waals surface area (Å²) in [4.78, 5) is 4.71. The standard InChI is InChI=1S/C17H28BrN3/c1-5-21(13(2)12-20(3)4)17-9-6-14(10-16(17)18)11-19-15-7-8-15/h6,9-10,13,15,19H,5,7-8,11-12H2,1-4H3. The van der Waals surface area contributed by atoms with Crippen LogP contribution in [-0.4, -0.2) is 44.2 Å². The molecule has 1 aliphatic carbocycles. The molecule has 1 aromatic carbocycles. The second-order valence-electron chi connectivity index (χ2n) is 6.34. The van der Waals surface area contributed by atoms with Gasteiger partial charge in [0.05, 0.1) is 5.69 Å². The summed E-state index contributed by atoms with van der Waals surface area (Å²) in [6.07, 6.45) is 2.68. The molecule has 1 aromatic rings. The lowest BCUT2D eigenvalue weighted by atomic mass is 10.1. The first-order chi connectivity index (χ1) is 10.0. The van der Waals surface area contributed by atoms with Crippen LogP contribution < -0.4 is 10.2 Å². The molecule has 1 unspecified atom stereocenters. The summed E-state index contributed by atoms with van der Waals surface area (Å²) in [6.45, 7) is 7.57. The number of anilines is 1. The van der Waals surface area contributed by atoms with Gasteiger partial charge in [0, 0.05) is 36.2 Å².